The highest BCUT2D eigenvalue weighted by Gasteiger charge is 2.16. The first-order valence-electron chi connectivity index (χ1n) is 13.2. The second-order valence-electron chi connectivity index (χ2n) is 9.63. The lowest BCUT2D eigenvalue weighted by atomic mass is 9.95. The molecule has 4 N–H and O–H groups in total. The van der Waals surface area contributed by atoms with Crippen molar-refractivity contribution in [3.05, 3.63) is 59.7 Å². The molecule has 0 atom stereocenters. The molecule has 2 fully saturated rings. The van der Waals surface area contributed by atoms with Crippen molar-refractivity contribution in [3.63, 3.8) is 0 Å². The Balaban J connectivity index is 1.32. The van der Waals surface area contributed by atoms with Gasteiger partial charge >= 0.3 is 0 Å². The van der Waals surface area contributed by atoms with E-state index >= 15 is 0 Å². The highest BCUT2D eigenvalue weighted by Crippen LogP contribution is 2.28. The molecule has 0 aromatic heterocycles. The Morgan fingerprint density at radius 1 is 0.941 bits per heavy atom. The fourth-order valence-electron chi connectivity index (χ4n) is 4.92. The number of carbonyl (C=O) groups excluding carboxylic acids is 1. The number of benzene rings is 2. The third kappa shape index (κ3) is 7.74. The van der Waals surface area contributed by atoms with E-state index in [1.807, 2.05) is 18.2 Å². The van der Waals surface area contributed by atoms with Gasteiger partial charge in [-0.15, -0.1) is 0 Å². The van der Waals surface area contributed by atoms with Crippen molar-refractivity contribution >= 4 is 17.3 Å². The molecule has 184 valence electrons. The molecule has 2 aromatic carbocycles. The van der Waals surface area contributed by atoms with Crippen LogP contribution in [0.3, 0.4) is 0 Å². The second kappa shape index (κ2) is 13.4. The Hall–Kier alpha value is -2.57. The van der Waals surface area contributed by atoms with Gasteiger partial charge < -0.3 is 26.2 Å². The molecule has 0 spiro atoms. The molecule has 6 heteroatoms. The molecule has 0 radical (unpaired) electrons. The van der Waals surface area contributed by atoms with Crippen molar-refractivity contribution in [2.75, 3.05) is 49.9 Å². The van der Waals surface area contributed by atoms with Gasteiger partial charge in [0.05, 0.1) is 11.4 Å². The lowest BCUT2D eigenvalue weighted by molar-refractivity contribution is 0.0952. The summed E-state index contributed by atoms with van der Waals surface area (Å²) >= 11 is 0. The summed E-state index contributed by atoms with van der Waals surface area (Å²) < 4.78 is 0. The number of anilines is 2. The van der Waals surface area contributed by atoms with Crippen molar-refractivity contribution in [2.24, 2.45) is 0 Å². The number of amides is 1. The van der Waals surface area contributed by atoms with Crippen molar-refractivity contribution in [2.45, 2.75) is 57.5 Å². The maximum atomic E-state index is 12.9. The Morgan fingerprint density at radius 3 is 2.53 bits per heavy atom. The van der Waals surface area contributed by atoms with E-state index in [2.05, 4.69) is 56.5 Å². The quantitative estimate of drug-likeness (QED) is 0.371. The van der Waals surface area contributed by atoms with Gasteiger partial charge in [0, 0.05) is 50.9 Å². The normalized spacial score (nSPS) is 17.3. The van der Waals surface area contributed by atoms with E-state index in [4.69, 9.17) is 0 Å². The van der Waals surface area contributed by atoms with Crippen molar-refractivity contribution in [1.29, 1.82) is 0 Å². The molecule has 6 nitrogen and oxygen atoms in total. The monoisotopic (exact) mass is 463 g/mol. The standard InChI is InChI=1S/C28H41N5O/c34-28(30-15-7-8-18-33-19-16-29-17-20-33)24-13-14-26(32-25-11-5-2-6-12-25)27(21-24)31-22-23-9-3-1-4-10-23/h1,3-4,9-10,13-14,21,25,29,31-32H,2,5-8,11-12,15-20,22H2,(H,30,34). The summed E-state index contributed by atoms with van der Waals surface area (Å²) in [6, 6.07) is 16.9. The molecule has 2 aromatic rings. The van der Waals surface area contributed by atoms with Gasteiger partial charge in [-0.3, -0.25) is 4.79 Å². The van der Waals surface area contributed by atoms with Crippen LogP contribution in [0.1, 0.15) is 60.9 Å². The number of piperazine rings is 1. The Morgan fingerprint density at radius 2 is 1.74 bits per heavy atom. The number of unbranched alkanes of at least 4 members (excludes halogenated alkanes) is 1. The highest BCUT2D eigenvalue weighted by molar-refractivity contribution is 5.96. The van der Waals surface area contributed by atoms with Crippen LogP contribution in [-0.4, -0.2) is 56.1 Å². The zero-order valence-electron chi connectivity index (χ0n) is 20.5. The van der Waals surface area contributed by atoms with Crippen LogP contribution in [0.15, 0.2) is 48.5 Å². The van der Waals surface area contributed by atoms with Crippen LogP contribution in [0, 0.1) is 0 Å². The van der Waals surface area contributed by atoms with Crippen molar-refractivity contribution in [3.8, 4) is 0 Å². The molecule has 1 amide bonds. The minimum Gasteiger partial charge on any atom is -0.381 e. The molecular weight excluding hydrogens is 422 g/mol. The predicted octanol–water partition coefficient (Wildman–Crippen LogP) is 4.46. The molecule has 0 bridgehead atoms. The maximum Gasteiger partial charge on any atom is 0.251 e. The van der Waals surface area contributed by atoms with Gasteiger partial charge in [-0.25, -0.2) is 0 Å². The predicted molar refractivity (Wildman–Crippen MR) is 142 cm³/mol. The van der Waals surface area contributed by atoms with E-state index in [1.165, 1.54) is 37.7 Å². The van der Waals surface area contributed by atoms with Gasteiger partial charge in [0.1, 0.15) is 0 Å². The number of nitrogens with one attached hydrogen (secondary N) is 4. The zero-order valence-corrected chi connectivity index (χ0v) is 20.5. The molecule has 1 saturated heterocycles. The second-order valence-corrected chi connectivity index (χ2v) is 9.63. The van der Waals surface area contributed by atoms with Crippen LogP contribution >= 0.6 is 0 Å². The first-order valence-corrected chi connectivity index (χ1v) is 13.2. The largest absolute Gasteiger partial charge is 0.381 e. The van der Waals surface area contributed by atoms with E-state index in [-0.39, 0.29) is 5.91 Å². The van der Waals surface area contributed by atoms with Crippen molar-refractivity contribution < 1.29 is 4.79 Å². The van der Waals surface area contributed by atoms with E-state index in [0.717, 1.165) is 70.0 Å². The molecule has 2 aliphatic rings. The molecule has 4 rings (SSSR count). The molecule has 34 heavy (non-hydrogen) atoms. The minimum absolute atomic E-state index is 0.00847. The summed E-state index contributed by atoms with van der Waals surface area (Å²) in [5.41, 5.74) is 4.04. The summed E-state index contributed by atoms with van der Waals surface area (Å²) in [7, 11) is 0. The third-order valence-electron chi connectivity index (χ3n) is 6.97. The number of nitrogens with zero attached hydrogens (tertiary/aromatic N) is 1. The average Bonchev–Trinajstić information content (AvgIpc) is 2.89. The van der Waals surface area contributed by atoms with Gasteiger partial charge in [0.25, 0.3) is 5.91 Å². The third-order valence-corrected chi connectivity index (χ3v) is 6.97. The summed E-state index contributed by atoms with van der Waals surface area (Å²) in [4.78, 5) is 15.4. The van der Waals surface area contributed by atoms with Gasteiger partial charge in [-0.2, -0.15) is 0 Å². The van der Waals surface area contributed by atoms with Gasteiger partial charge in [-0.1, -0.05) is 49.6 Å². The smallest absolute Gasteiger partial charge is 0.251 e. The van der Waals surface area contributed by atoms with Crippen molar-refractivity contribution in [1.82, 2.24) is 15.5 Å². The zero-order chi connectivity index (χ0) is 23.4. The van der Waals surface area contributed by atoms with E-state index < -0.39 is 0 Å². The van der Waals surface area contributed by atoms with E-state index in [1.54, 1.807) is 0 Å². The maximum absolute atomic E-state index is 12.9. The van der Waals surface area contributed by atoms with Crippen LogP contribution in [0.5, 0.6) is 0 Å². The van der Waals surface area contributed by atoms with Crippen LogP contribution in [0.4, 0.5) is 11.4 Å². The number of carbonyl (C=O) groups is 1. The molecule has 1 heterocycles. The Kier molecular flexibility index (Phi) is 9.64. The first-order chi connectivity index (χ1) is 16.8. The lowest BCUT2D eigenvalue weighted by Crippen LogP contribution is -2.43. The number of rotatable bonds is 11. The molecule has 1 aliphatic carbocycles. The fraction of sp³-hybridized carbons (Fsp3) is 0.536. The number of hydrogen-bond donors (Lipinski definition) is 4. The van der Waals surface area contributed by atoms with Gasteiger partial charge in [0.2, 0.25) is 0 Å². The first kappa shape index (κ1) is 24.6. The molecule has 1 aliphatic heterocycles. The SMILES string of the molecule is O=C(NCCCCN1CCNCC1)c1ccc(NC2CCCCC2)c(NCc2ccccc2)c1. The summed E-state index contributed by atoms with van der Waals surface area (Å²) in [6.45, 7) is 7.01. The number of hydrogen-bond acceptors (Lipinski definition) is 5. The minimum atomic E-state index is 0.00847. The summed E-state index contributed by atoms with van der Waals surface area (Å²) in [5, 5.41) is 13.8. The topological polar surface area (TPSA) is 68.4 Å². The lowest BCUT2D eigenvalue weighted by Gasteiger charge is -2.27. The highest BCUT2D eigenvalue weighted by atomic mass is 16.1. The fourth-order valence-corrected chi connectivity index (χ4v) is 4.92. The van der Waals surface area contributed by atoms with E-state index in [9.17, 15) is 4.79 Å². The Bertz CT molecular complexity index is 876. The summed E-state index contributed by atoms with van der Waals surface area (Å²) in [5.74, 6) is 0.00847. The van der Waals surface area contributed by atoms with E-state index in [0.29, 0.717) is 11.6 Å². The van der Waals surface area contributed by atoms with Gasteiger partial charge in [-0.05, 0) is 56.0 Å². The Labute approximate surface area is 204 Å². The van der Waals surface area contributed by atoms with Crippen LogP contribution in [0.2, 0.25) is 0 Å². The van der Waals surface area contributed by atoms with Crippen LogP contribution < -0.4 is 21.3 Å². The summed E-state index contributed by atoms with van der Waals surface area (Å²) in [6.07, 6.45) is 8.48. The molecule has 0 unspecified atom stereocenters. The molecular formula is C28H41N5O. The average molecular weight is 464 g/mol. The van der Waals surface area contributed by atoms with Crippen LogP contribution in [-0.2, 0) is 6.54 Å². The van der Waals surface area contributed by atoms with Crippen LogP contribution in [0.25, 0.3) is 0 Å². The molecule has 1 saturated carbocycles. The van der Waals surface area contributed by atoms with Gasteiger partial charge in [0.15, 0.2) is 0 Å².